The number of hydrogen-bond donors (Lipinski definition) is 1. The first-order valence-electron chi connectivity index (χ1n) is 11.0. The Balaban J connectivity index is 1.66. The Labute approximate surface area is 196 Å². The first-order valence-corrected chi connectivity index (χ1v) is 11.8. The monoisotopic (exact) mass is 464 g/mol. The summed E-state index contributed by atoms with van der Waals surface area (Å²) in [5, 5.41) is 8.19. The van der Waals surface area contributed by atoms with Crippen LogP contribution in [0.5, 0.6) is 11.5 Å². The number of methoxy groups -OCH3 is 2. The van der Waals surface area contributed by atoms with Crippen LogP contribution in [0.1, 0.15) is 43.3 Å². The summed E-state index contributed by atoms with van der Waals surface area (Å²) < 4.78 is 12.8. The molecule has 0 spiro atoms. The average Bonchev–Trinajstić information content (AvgIpc) is 3.36. The van der Waals surface area contributed by atoms with Gasteiger partial charge >= 0.3 is 0 Å². The van der Waals surface area contributed by atoms with E-state index in [0.717, 1.165) is 23.3 Å². The normalized spacial score (nSPS) is 13.9. The average molecular weight is 465 g/mol. The van der Waals surface area contributed by atoms with Gasteiger partial charge in [-0.1, -0.05) is 48.6 Å². The summed E-state index contributed by atoms with van der Waals surface area (Å²) in [6.07, 6.45) is 3.39. The highest BCUT2D eigenvalue weighted by Crippen LogP contribution is 2.23. The van der Waals surface area contributed by atoms with Crippen molar-refractivity contribution in [2.45, 2.75) is 38.8 Å². The summed E-state index contributed by atoms with van der Waals surface area (Å²) in [5.41, 5.74) is 1.77. The number of thiazole rings is 1. The molecule has 0 amide bonds. The van der Waals surface area contributed by atoms with Gasteiger partial charge in [-0.2, -0.15) is 4.52 Å². The topological polar surface area (TPSA) is 77.8 Å². The molecular formula is C25H28N4O3S. The first-order chi connectivity index (χ1) is 16.0. The zero-order valence-electron chi connectivity index (χ0n) is 19.2. The van der Waals surface area contributed by atoms with Gasteiger partial charge in [-0.05, 0) is 43.2 Å². The molecule has 0 aliphatic carbocycles. The maximum Gasteiger partial charge on any atom is 0.291 e. The second kappa shape index (κ2) is 10.1. The third kappa shape index (κ3) is 5.07. The van der Waals surface area contributed by atoms with Crippen molar-refractivity contribution in [1.29, 1.82) is 0 Å². The number of para-hydroxylation sites is 1. The Kier molecular flexibility index (Phi) is 7.05. The van der Waals surface area contributed by atoms with E-state index in [1.54, 1.807) is 14.2 Å². The minimum atomic E-state index is -0.174. The molecule has 2 heterocycles. The Hall–Kier alpha value is -3.23. The number of aromatic nitrogens is 3. The number of nitrogens with zero attached hydrogens (tertiary/aromatic N) is 3. The number of hydrogen-bond acceptors (Lipinski definition) is 7. The Morgan fingerprint density at radius 1 is 1.15 bits per heavy atom. The molecule has 1 N–H and O–H groups in total. The zero-order chi connectivity index (χ0) is 23.4. The minimum Gasteiger partial charge on any atom is -0.497 e. The molecule has 2 atom stereocenters. The summed E-state index contributed by atoms with van der Waals surface area (Å²) >= 11 is 1.33. The molecule has 0 aliphatic rings. The molecule has 4 aromatic rings. The van der Waals surface area contributed by atoms with Gasteiger partial charge in [0.15, 0.2) is 5.82 Å². The number of ether oxygens (including phenoxy) is 2. The molecule has 172 valence electrons. The summed E-state index contributed by atoms with van der Waals surface area (Å²) in [4.78, 5) is 18.2. The second-order valence-electron chi connectivity index (χ2n) is 7.89. The van der Waals surface area contributed by atoms with E-state index in [2.05, 4.69) is 35.3 Å². The van der Waals surface area contributed by atoms with Crippen LogP contribution in [0.2, 0.25) is 0 Å². The smallest absolute Gasteiger partial charge is 0.291 e. The highest BCUT2D eigenvalue weighted by molar-refractivity contribution is 7.15. The van der Waals surface area contributed by atoms with Crippen LogP contribution in [0.15, 0.2) is 53.3 Å². The lowest BCUT2D eigenvalue weighted by Crippen LogP contribution is -2.31. The zero-order valence-corrected chi connectivity index (χ0v) is 20.1. The van der Waals surface area contributed by atoms with Crippen LogP contribution in [-0.2, 0) is 6.42 Å². The fourth-order valence-corrected chi connectivity index (χ4v) is 4.58. The van der Waals surface area contributed by atoms with E-state index < -0.39 is 0 Å². The van der Waals surface area contributed by atoms with Crippen LogP contribution in [0.3, 0.4) is 0 Å². The van der Waals surface area contributed by atoms with Crippen molar-refractivity contribution in [3.63, 3.8) is 0 Å². The summed E-state index contributed by atoms with van der Waals surface area (Å²) in [5.74, 6) is 2.15. The van der Waals surface area contributed by atoms with Crippen LogP contribution in [0.4, 0.5) is 0 Å². The largest absolute Gasteiger partial charge is 0.497 e. The Bertz CT molecular complexity index is 1350. The summed E-state index contributed by atoms with van der Waals surface area (Å²) in [7, 11) is 3.28. The van der Waals surface area contributed by atoms with Crippen molar-refractivity contribution in [3.05, 3.63) is 80.4 Å². The lowest BCUT2D eigenvalue weighted by Gasteiger charge is -2.22. The SMILES string of the molecule is CCC(C)NC(Cc1nc2s/c(=C\c3ccccc3OC)c(=O)n2n1)c1cccc(OC)c1. The van der Waals surface area contributed by atoms with E-state index in [0.29, 0.717) is 33.5 Å². The second-order valence-corrected chi connectivity index (χ2v) is 8.90. The van der Waals surface area contributed by atoms with E-state index in [4.69, 9.17) is 9.47 Å². The van der Waals surface area contributed by atoms with Gasteiger partial charge in [-0.3, -0.25) is 4.79 Å². The highest BCUT2D eigenvalue weighted by atomic mass is 32.1. The minimum absolute atomic E-state index is 0.00173. The predicted molar refractivity (Wildman–Crippen MR) is 131 cm³/mol. The molecule has 8 heteroatoms. The first kappa shape index (κ1) is 22.9. The maximum atomic E-state index is 13.0. The third-order valence-electron chi connectivity index (χ3n) is 5.63. The molecule has 0 bridgehead atoms. The van der Waals surface area contributed by atoms with Gasteiger partial charge in [0.25, 0.3) is 5.56 Å². The van der Waals surface area contributed by atoms with Gasteiger partial charge in [0.1, 0.15) is 11.5 Å². The van der Waals surface area contributed by atoms with Gasteiger partial charge in [-0.15, -0.1) is 5.10 Å². The van der Waals surface area contributed by atoms with Gasteiger partial charge in [0.05, 0.1) is 18.8 Å². The van der Waals surface area contributed by atoms with Crippen molar-refractivity contribution < 1.29 is 9.47 Å². The van der Waals surface area contributed by atoms with Crippen LogP contribution < -0.4 is 24.9 Å². The molecular weight excluding hydrogens is 436 g/mol. The fraction of sp³-hybridized carbons (Fsp3) is 0.320. The van der Waals surface area contributed by atoms with Crippen LogP contribution >= 0.6 is 11.3 Å². The molecule has 2 aromatic heterocycles. The van der Waals surface area contributed by atoms with Gasteiger partial charge < -0.3 is 14.8 Å². The molecule has 2 unspecified atom stereocenters. The summed E-state index contributed by atoms with van der Waals surface area (Å²) in [6.45, 7) is 4.30. The Morgan fingerprint density at radius 3 is 2.70 bits per heavy atom. The molecule has 7 nitrogen and oxygen atoms in total. The molecule has 0 radical (unpaired) electrons. The van der Waals surface area contributed by atoms with Crippen molar-refractivity contribution in [1.82, 2.24) is 19.9 Å². The van der Waals surface area contributed by atoms with Gasteiger partial charge in [0.2, 0.25) is 4.96 Å². The number of fused-ring (bicyclic) bond motifs is 1. The molecule has 0 aliphatic heterocycles. The maximum absolute atomic E-state index is 13.0. The summed E-state index contributed by atoms with van der Waals surface area (Å²) in [6, 6.07) is 15.9. The van der Waals surface area contributed by atoms with Crippen molar-refractivity contribution in [2.24, 2.45) is 0 Å². The lowest BCUT2D eigenvalue weighted by atomic mass is 10.0. The molecule has 2 aromatic carbocycles. The molecule has 0 fully saturated rings. The number of nitrogens with one attached hydrogen (secondary N) is 1. The molecule has 33 heavy (non-hydrogen) atoms. The van der Waals surface area contributed by atoms with Crippen molar-refractivity contribution in [3.8, 4) is 11.5 Å². The quantitative estimate of drug-likeness (QED) is 0.409. The van der Waals surface area contributed by atoms with E-state index >= 15 is 0 Å². The van der Waals surface area contributed by atoms with Gasteiger partial charge in [0, 0.05) is 24.1 Å². The van der Waals surface area contributed by atoms with E-state index in [9.17, 15) is 4.79 Å². The van der Waals surface area contributed by atoms with Crippen LogP contribution in [0, 0.1) is 0 Å². The van der Waals surface area contributed by atoms with Crippen LogP contribution in [0.25, 0.3) is 11.0 Å². The van der Waals surface area contributed by atoms with Crippen molar-refractivity contribution in [2.75, 3.05) is 14.2 Å². The number of rotatable bonds is 9. The molecule has 0 saturated heterocycles. The van der Waals surface area contributed by atoms with E-state index in [1.807, 2.05) is 48.5 Å². The standard InChI is InChI=1S/C25H28N4O3S/c1-5-16(2)26-20(17-10-8-11-19(13-17)31-3)15-23-27-25-29(28-23)24(30)22(33-25)14-18-9-6-7-12-21(18)32-4/h6-14,16,20,26H,5,15H2,1-4H3/b22-14-. The lowest BCUT2D eigenvalue weighted by molar-refractivity contribution is 0.409. The van der Waals surface area contributed by atoms with Crippen molar-refractivity contribution >= 4 is 22.4 Å². The Morgan fingerprint density at radius 2 is 1.97 bits per heavy atom. The third-order valence-corrected chi connectivity index (χ3v) is 6.59. The fourth-order valence-electron chi connectivity index (χ4n) is 3.66. The van der Waals surface area contributed by atoms with E-state index in [-0.39, 0.29) is 11.6 Å². The molecule has 4 rings (SSSR count). The number of benzene rings is 2. The highest BCUT2D eigenvalue weighted by Gasteiger charge is 2.19. The van der Waals surface area contributed by atoms with Gasteiger partial charge in [-0.25, -0.2) is 4.98 Å². The van der Waals surface area contributed by atoms with E-state index in [1.165, 1.54) is 15.9 Å². The van der Waals surface area contributed by atoms with Crippen LogP contribution in [-0.4, -0.2) is 34.9 Å². The predicted octanol–water partition coefficient (Wildman–Crippen LogP) is 3.39. The molecule has 0 saturated carbocycles.